The fourth-order valence-corrected chi connectivity index (χ4v) is 4.57. The van der Waals surface area contributed by atoms with E-state index in [1.807, 2.05) is 0 Å². The zero-order valence-corrected chi connectivity index (χ0v) is 15.0. The van der Waals surface area contributed by atoms with Gasteiger partial charge in [-0.2, -0.15) is 0 Å². The van der Waals surface area contributed by atoms with Gasteiger partial charge in [-0.3, -0.25) is 19.7 Å². The van der Waals surface area contributed by atoms with Crippen molar-refractivity contribution in [2.75, 3.05) is 13.7 Å². The first-order chi connectivity index (χ1) is 12.7. The van der Waals surface area contributed by atoms with Crippen LogP contribution in [0, 0.1) is 22.0 Å². The molecule has 9 heteroatoms. The molecule has 0 aromatic heterocycles. The van der Waals surface area contributed by atoms with Crippen molar-refractivity contribution in [2.24, 2.45) is 11.8 Å². The molecular formula is C18H20N2O7. The van der Waals surface area contributed by atoms with Gasteiger partial charge in [-0.1, -0.05) is 12.1 Å². The number of ether oxygens (including phenoxy) is 1. The van der Waals surface area contributed by atoms with E-state index < -0.39 is 40.2 Å². The lowest BCUT2D eigenvalue weighted by atomic mass is 9.80. The van der Waals surface area contributed by atoms with Crippen LogP contribution in [0.15, 0.2) is 24.3 Å². The minimum atomic E-state index is -1.60. The molecule has 1 aliphatic heterocycles. The molecule has 3 rings (SSSR count). The lowest BCUT2D eigenvalue weighted by Crippen LogP contribution is -2.55. The van der Waals surface area contributed by atoms with Gasteiger partial charge in [-0.15, -0.1) is 0 Å². The van der Waals surface area contributed by atoms with Crippen molar-refractivity contribution >= 4 is 23.3 Å². The number of benzene rings is 1. The minimum absolute atomic E-state index is 0.128. The SMILES string of the molecule is COCC(=O)N1C(c2cccc([N+](=O)[O-])c2)C2C(=O)CCC2C1(C)C(=O)O. The van der Waals surface area contributed by atoms with Crippen LogP contribution in [0.1, 0.15) is 31.4 Å². The Labute approximate surface area is 155 Å². The molecule has 1 aliphatic carbocycles. The second-order valence-electron chi connectivity index (χ2n) is 7.08. The van der Waals surface area contributed by atoms with Crippen LogP contribution in [0.25, 0.3) is 0 Å². The molecule has 1 N–H and O–H groups in total. The second-order valence-corrected chi connectivity index (χ2v) is 7.08. The number of ketones is 1. The fraction of sp³-hybridized carbons (Fsp3) is 0.500. The standard InChI is InChI=1S/C18H20N2O7/c1-18(17(23)24)12-6-7-13(21)15(12)16(19(18)14(22)9-27-2)10-4-3-5-11(8-10)20(25)26/h3-5,8,12,15-16H,6-7,9H2,1-2H3,(H,23,24). The maximum absolute atomic E-state index is 12.8. The number of hydrogen-bond acceptors (Lipinski definition) is 6. The van der Waals surface area contributed by atoms with Gasteiger partial charge in [0.1, 0.15) is 17.9 Å². The molecule has 0 radical (unpaired) electrons. The topological polar surface area (TPSA) is 127 Å². The van der Waals surface area contributed by atoms with Crippen LogP contribution in [0.4, 0.5) is 5.69 Å². The number of non-ortho nitro benzene ring substituents is 1. The number of rotatable bonds is 5. The molecule has 1 amide bonds. The van der Waals surface area contributed by atoms with E-state index in [1.165, 1.54) is 37.1 Å². The highest BCUT2D eigenvalue weighted by atomic mass is 16.6. The molecule has 1 aromatic rings. The van der Waals surface area contributed by atoms with E-state index in [0.29, 0.717) is 12.0 Å². The van der Waals surface area contributed by atoms with Crippen LogP contribution in [0.3, 0.4) is 0 Å². The summed E-state index contributed by atoms with van der Waals surface area (Å²) in [4.78, 5) is 49.4. The molecule has 0 spiro atoms. The number of aliphatic carboxylic acids is 1. The lowest BCUT2D eigenvalue weighted by molar-refractivity contribution is -0.385. The van der Waals surface area contributed by atoms with E-state index in [2.05, 4.69) is 0 Å². The quantitative estimate of drug-likeness (QED) is 0.610. The van der Waals surface area contributed by atoms with Gasteiger partial charge in [0, 0.05) is 37.5 Å². The van der Waals surface area contributed by atoms with Crippen LogP contribution >= 0.6 is 0 Å². The number of methoxy groups -OCH3 is 1. The Hall–Kier alpha value is -2.81. The third-order valence-electron chi connectivity index (χ3n) is 5.74. The molecule has 2 fully saturated rings. The molecule has 1 saturated carbocycles. The van der Waals surface area contributed by atoms with E-state index >= 15 is 0 Å². The van der Waals surface area contributed by atoms with E-state index in [-0.39, 0.29) is 24.5 Å². The first-order valence-corrected chi connectivity index (χ1v) is 8.55. The van der Waals surface area contributed by atoms with Crippen molar-refractivity contribution in [1.82, 2.24) is 4.90 Å². The number of hydrogen-bond donors (Lipinski definition) is 1. The van der Waals surface area contributed by atoms with Crippen molar-refractivity contribution in [3.8, 4) is 0 Å². The van der Waals surface area contributed by atoms with E-state index in [9.17, 15) is 29.6 Å². The van der Waals surface area contributed by atoms with E-state index in [4.69, 9.17) is 4.74 Å². The Kier molecular flexibility index (Phi) is 4.73. The number of nitrogens with zero attached hydrogens (tertiary/aromatic N) is 2. The summed E-state index contributed by atoms with van der Waals surface area (Å²) in [6.45, 7) is 1.10. The summed E-state index contributed by atoms with van der Waals surface area (Å²) in [5.74, 6) is -3.18. The van der Waals surface area contributed by atoms with Gasteiger partial charge in [0.25, 0.3) is 5.69 Å². The second kappa shape index (κ2) is 6.73. The number of likely N-dealkylation sites (tertiary alicyclic amines) is 1. The van der Waals surface area contributed by atoms with Crippen LogP contribution < -0.4 is 0 Å². The number of carbonyl (C=O) groups excluding carboxylic acids is 2. The van der Waals surface area contributed by atoms with Crippen molar-refractivity contribution in [1.29, 1.82) is 0 Å². The van der Waals surface area contributed by atoms with E-state index in [1.54, 1.807) is 6.07 Å². The Morgan fingerprint density at radius 2 is 2.15 bits per heavy atom. The summed E-state index contributed by atoms with van der Waals surface area (Å²) in [5, 5.41) is 21.1. The smallest absolute Gasteiger partial charge is 0.329 e. The minimum Gasteiger partial charge on any atom is -0.479 e. The van der Waals surface area contributed by atoms with Gasteiger partial charge >= 0.3 is 5.97 Å². The summed E-state index contributed by atoms with van der Waals surface area (Å²) in [5.41, 5.74) is -1.40. The van der Waals surface area contributed by atoms with Crippen LogP contribution in [-0.2, 0) is 19.1 Å². The number of fused-ring (bicyclic) bond motifs is 1. The zero-order valence-electron chi connectivity index (χ0n) is 15.0. The first-order valence-electron chi connectivity index (χ1n) is 8.55. The molecule has 1 saturated heterocycles. The van der Waals surface area contributed by atoms with Crippen molar-refractivity contribution in [3.05, 3.63) is 39.9 Å². The molecule has 2 aliphatic rings. The average molecular weight is 376 g/mol. The number of Topliss-reactive ketones (excluding diaryl/α,β-unsaturated/α-hetero) is 1. The fourth-order valence-electron chi connectivity index (χ4n) is 4.57. The highest BCUT2D eigenvalue weighted by molar-refractivity contribution is 5.94. The predicted octanol–water partition coefficient (Wildman–Crippen LogP) is 1.56. The van der Waals surface area contributed by atoms with Crippen molar-refractivity contribution < 1.29 is 29.2 Å². The van der Waals surface area contributed by atoms with Crippen molar-refractivity contribution in [2.45, 2.75) is 31.3 Å². The summed E-state index contributed by atoms with van der Waals surface area (Å²) in [6.07, 6.45) is 0.588. The van der Waals surface area contributed by atoms with Crippen LogP contribution in [0.2, 0.25) is 0 Å². The molecule has 27 heavy (non-hydrogen) atoms. The third kappa shape index (κ3) is 2.78. The van der Waals surface area contributed by atoms with Gasteiger partial charge in [-0.05, 0) is 18.9 Å². The summed E-state index contributed by atoms with van der Waals surface area (Å²) in [6, 6.07) is 4.78. The Balaban J connectivity index is 2.19. The van der Waals surface area contributed by atoms with Crippen LogP contribution in [-0.4, -0.2) is 51.8 Å². The summed E-state index contributed by atoms with van der Waals surface area (Å²) < 4.78 is 4.91. The largest absolute Gasteiger partial charge is 0.479 e. The Morgan fingerprint density at radius 1 is 1.44 bits per heavy atom. The zero-order chi connectivity index (χ0) is 19.9. The molecule has 0 bridgehead atoms. The third-order valence-corrected chi connectivity index (χ3v) is 5.74. The molecule has 4 unspecified atom stereocenters. The summed E-state index contributed by atoms with van der Waals surface area (Å²) in [7, 11) is 1.32. The number of carboxylic acid groups (broad SMARTS) is 1. The van der Waals surface area contributed by atoms with Gasteiger partial charge in [-0.25, -0.2) is 4.79 Å². The monoisotopic (exact) mass is 376 g/mol. The highest BCUT2D eigenvalue weighted by Crippen LogP contribution is 2.56. The molecule has 1 heterocycles. The Bertz CT molecular complexity index is 824. The predicted molar refractivity (Wildman–Crippen MR) is 91.8 cm³/mol. The number of nitro benzene ring substituents is 1. The van der Waals surface area contributed by atoms with Crippen molar-refractivity contribution in [3.63, 3.8) is 0 Å². The molecular weight excluding hydrogens is 356 g/mol. The van der Waals surface area contributed by atoms with Gasteiger partial charge in [0.2, 0.25) is 5.91 Å². The molecule has 144 valence electrons. The van der Waals surface area contributed by atoms with Gasteiger partial charge < -0.3 is 14.7 Å². The highest BCUT2D eigenvalue weighted by Gasteiger charge is 2.65. The lowest BCUT2D eigenvalue weighted by Gasteiger charge is -2.37. The number of carboxylic acids is 1. The van der Waals surface area contributed by atoms with E-state index in [0.717, 1.165) is 0 Å². The number of nitro groups is 1. The first kappa shape index (κ1) is 19.0. The van der Waals surface area contributed by atoms with Gasteiger partial charge in [0.15, 0.2) is 0 Å². The average Bonchev–Trinajstić information content (AvgIpc) is 3.12. The maximum Gasteiger partial charge on any atom is 0.329 e. The number of carbonyl (C=O) groups is 3. The maximum atomic E-state index is 12.8. The molecule has 9 nitrogen and oxygen atoms in total. The normalized spacial score (nSPS) is 29.6. The Morgan fingerprint density at radius 3 is 2.74 bits per heavy atom. The van der Waals surface area contributed by atoms with Crippen LogP contribution in [0.5, 0.6) is 0 Å². The number of amides is 1. The van der Waals surface area contributed by atoms with Gasteiger partial charge in [0.05, 0.1) is 11.0 Å². The molecule has 1 aromatic carbocycles. The summed E-state index contributed by atoms with van der Waals surface area (Å²) >= 11 is 0. The molecule has 4 atom stereocenters.